The molecule has 1 fully saturated rings. The highest BCUT2D eigenvalue weighted by Crippen LogP contribution is 2.24. The second-order valence-corrected chi connectivity index (χ2v) is 6.57. The minimum absolute atomic E-state index is 0.395. The Morgan fingerprint density at radius 3 is 2.75 bits per heavy atom. The molecule has 1 amide bonds. The molecule has 0 spiro atoms. The minimum Gasteiger partial charge on any atom is -0.407 e. The fourth-order valence-electron chi connectivity index (χ4n) is 3.29. The van der Waals surface area contributed by atoms with Gasteiger partial charge in [-0.2, -0.15) is 5.10 Å². The van der Waals surface area contributed by atoms with Crippen LogP contribution >= 0.6 is 0 Å². The third-order valence-electron chi connectivity index (χ3n) is 4.77. The number of benzene rings is 1. The zero-order valence-electron chi connectivity index (χ0n) is 14.4. The Labute approximate surface area is 143 Å². The molecule has 0 saturated heterocycles. The molecular formula is C19H25N3O2. The lowest BCUT2D eigenvalue weighted by Crippen LogP contribution is -2.32. The van der Waals surface area contributed by atoms with Crippen LogP contribution in [0, 0.1) is 19.8 Å². The molecule has 0 unspecified atom stereocenters. The molecule has 24 heavy (non-hydrogen) atoms. The Balaban J connectivity index is 1.61. The third kappa shape index (κ3) is 3.78. The molecule has 1 aromatic heterocycles. The van der Waals surface area contributed by atoms with E-state index in [1.165, 1.54) is 32.1 Å². The number of aromatic nitrogens is 2. The van der Waals surface area contributed by atoms with Crippen LogP contribution in [0.1, 0.15) is 43.4 Å². The van der Waals surface area contributed by atoms with Gasteiger partial charge in [0, 0.05) is 6.54 Å². The molecule has 1 heterocycles. The number of carbonyl (C=O) groups excluding carboxylic acids is 1. The number of carbonyl (C=O) groups is 1. The number of aryl methyl sites for hydroxylation is 1. The zero-order chi connectivity index (χ0) is 16.9. The normalized spacial score (nSPS) is 15.2. The monoisotopic (exact) mass is 327 g/mol. The van der Waals surface area contributed by atoms with Gasteiger partial charge < -0.3 is 10.1 Å². The highest BCUT2D eigenvalue weighted by Gasteiger charge is 2.17. The van der Waals surface area contributed by atoms with Crippen molar-refractivity contribution in [1.29, 1.82) is 0 Å². The average molecular weight is 327 g/mol. The summed E-state index contributed by atoms with van der Waals surface area (Å²) in [6.07, 6.45) is 7.45. The summed E-state index contributed by atoms with van der Waals surface area (Å²) in [5, 5.41) is 7.25. The Kier molecular flexibility index (Phi) is 5.18. The number of para-hydroxylation sites is 1. The van der Waals surface area contributed by atoms with E-state index in [2.05, 4.69) is 10.4 Å². The number of amides is 1. The van der Waals surface area contributed by atoms with Crippen molar-refractivity contribution in [1.82, 2.24) is 15.1 Å². The largest absolute Gasteiger partial charge is 0.412 e. The van der Waals surface area contributed by atoms with Crippen LogP contribution in [-0.2, 0) is 0 Å². The number of rotatable bonds is 4. The molecule has 1 aliphatic carbocycles. The van der Waals surface area contributed by atoms with E-state index in [0.29, 0.717) is 18.2 Å². The highest BCUT2D eigenvalue weighted by molar-refractivity contribution is 5.70. The van der Waals surface area contributed by atoms with Crippen LogP contribution in [0.5, 0.6) is 5.75 Å². The van der Waals surface area contributed by atoms with E-state index in [1.54, 1.807) is 10.9 Å². The number of ether oxygens (including phenoxy) is 1. The van der Waals surface area contributed by atoms with Crippen LogP contribution in [0.2, 0.25) is 0 Å². The lowest BCUT2D eigenvalue weighted by Gasteiger charge is -2.21. The van der Waals surface area contributed by atoms with E-state index in [-0.39, 0.29) is 0 Å². The summed E-state index contributed by atoms with van der Waals surface area (Å²) in [6, 6.07) is 8.00. The molecule has 2 aromatic rings. The molecule has 1 saturated carbocycles. The molecule has 128 valence electrons. The Bertz CT molecular complexity index is 702. The number of nitrogens with zero attached hydrogens (tertiary/aromatic N) is 2. The SMILES string of the molecule is Cc1ccccc1-n1ncc(OC(=O)NCC2CCCCC2)c1C. The van der Waals surface area contributed by atoms with E-state index in [1.807, 2.05) is 38.1 Å². The predicted octanol–water partition coefficient (Wildman–Crippen LogP) is 4.16. The van der Waals surface area contributed by atoms with Crippen LogP contribution in [0.4, 0.5) is 4.79 Å². The van der Waals surface area contributed by atoms with Gasteiger partial charge in [0.25, 0.3) is 0 Å². The van der Waals surface area contributed by atoms with Gasteiger partial charge in [0.15, 0.2) is 5.75 Å². The van der Waals surface area contributed by atoms with Gasteiger partial charge in [-0.1, -0.05) is 37.5 Å². The van der Waals surface area contributed by atoms with Gasteiger partial charge in [0.1, 0.15) is 0 Å². The summed E-state index contributed by atoms with van der Waals surface area (Å²) in [5.41, 5.74) is 2.93. The predicted molar refractivity (Wildman–Crippen MR) is 93.6 cm³/mol. The summed E-state index contributed by atoms with van der Waals surface area (Å²) in [6.45, 7) is 4.64. The standard InChI is InChI=1S/C19H25N3O2/c1-14-8-6-7-11-17(14)22-15(2)18(13-21-22)24-19(23)20-12-16-9-4-3-5-10-16/h6-8,11,13,16H,3-5,9-10,12H2,1-2H3,(H,20,23). The van der Waals surface area contributed by atoms with Gasteiger partial charge in [0.2, 0.25) is 0 Å². The van der Waals surface area contributed by atoms with E-state index in [4.69, 9.17) is 4.74 Å². The van der Waals surface area contributed by atoms with Gasteiger partial charge in [-0.05, 0) is 44.2 Å². The second-order valence-electron chi connectivity index (χ2n) is 6.57. The first-order valence-corrected chi connectivity index (χ1v) is 8.71. The molecule has 0 radical (unpaired) electrons. The van der Waals surface area contributed by atoms with Gasteiger partial charge in [-0.15, -0.1) is 0 Å². The lowest BCUT2D eigenvalue weighted by molar-refractivity contribution is 0.196. The maximum Gasteiger partial charge on any atom is 0.412 e. The van der Waals surface area contributed by atoms with Crippen molar-refractivity contribution < 1.29 is 9.53 Å². The van der Waals surface area contributed by atoms with Crippen molar-refractivity contribution in [2.45, 2.75) is 46.0 Å². The van der Waals surface area contributed by atoms with Gasteiger partial charge in [-0.25, -0.2) is 9.48 Å². The summed E-state index contributed by atoms with van der Waals surface area (Å²) in [7, 11) is 0. The van der Waals surface area contributed by atoms with E-state index in [0.717, 1.165) is 16.9 Å². The first-order valence-electron chi connectivity index (χ1n) is 8.71. The fourth-order valence-corrected chi connectivity index (χ4v) is 3.29. The number of hydrogen-bond acceptors (Lipinski definition) is 3. The molecule has 0 aliphatic heterocycles. The molecule has 5 nitrogen and oxygen atoms in total. The molecular weight excluding hydrogens is 302 g/mol. The summed E-state index contributed by atoms with van der Waals surface area (Å²) >= 11 is 0. The summed E-state index contributed by atoms with van der Waals surface area (Å²) in [5.74, 6) is 1.08. The highest BCUT2D eigenvalue weighted by atomic mass is 16.6. The van der Waals surface area contributed by atoms with Crippen molar-refractivity contribution in [3.8, 4) is 11.4 Å². The Hall–Kier alpha value is -2.30. The Morgan fingerprint density at radius 1 is 1.25 bits per heavy atom. The number of nitrogens with one attached hydrogen (secondary N) is 1. The van der Waals surface area contributed by atoms with Gasteiger partial charge in [0.05, 0.1) is 17.6 Å². The molecule has 5 heteroatoms. The van der Waals surface area contributed by atoms with Crippen LogP contribution in [0.25, 0.3) is 5.69 Å². The van der Waals surface area contributed by atoms with Gasteiger partial charge in [-0.3, -0.25) is 0 Å². The van der Waals surface area contributed by atoms with Crippen molar-refractivity contribution in [2.24, 2.45) is 5.92 Å². The van der Waals surface area contributed by atoms with E-state index < -0.39 is 6.09 Å². The quantitative estimate of drug-likeness (QED) is 0.917. The molecule has 0 bridgehead atoms. The van der Waals surface area contributed by atoms with Crippen LogP contribution in [0.15, 0.2) is 30.5 Å². The maximum atomic E-state index is 12.0. The fraction of sp³-hybridized carbons (Fsp3) is 0.474. The first kappa shape index (κ1) is 16.6. The van der Waals surface area contributed by atoms with Crippen molar-refractivity contribution in [2.75, 3.05) is 6.54 Å². The summed E-state index contributed by atoms with van der Waals surface area (Å²) in [4.78, 5) is 12.0. The average Bonchev–Trinajstić information content (AvgIpc) is 2.95. The van der Waals surface area contributed by atoms with Crippen LogP contribution in [0.3, 0.4) is 0 Å². The van der Waals surface area contributed by atoms with Gasteiger partial charge >= 0.3 is 6.09 Å². The van der Waals surface area contributed by atoms with E-state index in [9.17, 15) is 4.79 Å². The summed E-state index contributed by atoms with van der Waals surface area (Å²) < 4.78 is 7.25. The van der Waals surface area contributed by atoms with E-state index >= 15 is 0 Å². The van der Waals surface area contributed by atoms with Crippen molar-refractivity contribution in [3.63, 3.8) is 0 Å². The van der Waals surface area contributed by atoms with Crippen LogP contribution < -0.4 is 10.1 Å². The molecule has 1 aromatic carbocycles. The molecule has 3 rings (SSSR count). The maximum absolute atomic E-state index is 12.0. The van der Waals surface area contributed by atoms with Crippen molar-refractivity contribution >= 4 is 6.09 Å². The lowest BCUT2D eigenvalue weighted by atomic mass is 9.89. The van der Waals surface area contributed by atoms with Crippen molar-refractivity contribution in [3.05, 3.63) is 41.7 Å². The first-order chi connectivity index (χ1) is 11.6. The number of hydrogen-bond donors (Lipinski definition) is 1. The molecule has 1 N–H and O–H groups in total. The third-order valence-corrected chi connectivity index (χ3v) is 4.77. The minimum atomic E-state index is -0.395. The van der Waals surface area contributed by atoms with Crippen LogP contribution in [-0.4, -0.2) is 22.4 Å². The topological polar surface area (TPSA) is 56.2 Å². The second kappa shape index (κ2) is 7.51. The zero-order valence-corrected chi connectivity index (χ0v) is 14.4. The smallest absolute Gasteiger partial charge is 0.407 e. The Morgan fingerprint density at radius 2 is 2.00 bits per heavy atom. The molecule has 1 aliphatic rings. The molecule has 0 atom stereocenters.